The lowest BCUT2D eigenvalue weighted by molar-refractivity contribution is 0.547. The van der Waals surface area contributed by atoms with Crippen LogP contribution in [0.3, 0.4) is 0 Å². The Labute approximate surface area is 130 Å². The van der Waals surface area contributed by atoms with Crippen molar-refractivity contribution >= 4 is 29.1 Å². The molecular weight excluding hydrogens is 280 g/mol. The number of nitrogens with zero attached hydrogens (tertiary/aromatic N) is 2. The third kappa shape index (κ3) is 3.88. The van der Waals surface area contributed by atoms with Gasteiger partial charge in [-0.25, -0.2) is 9.97 Å². The summed E-state index contributed by atoms with van der Waals surface area (Å²) in [6.45, 7) is 6.34. The minimum atomic E-state index is -0.0949. The average molecular weight is 302 g/mol. The predicted octanol–water partition coefficient (Wildman–Crippen LogP) is 4.28. The van der Waals surface area contributed by atoms with Crippen molar-refractivity contribution in [2.45, 2.75) is 31.1 Å². The van der Waals surface area contributed by atoms with Crippen LogP contribution in [0, 0.1) is 0 Å². The van der Waals surface area contributed by atoms with Gasteiger partial charge in [-0.3, -0.25) is 0 Å². The summed E-state index contributed by atoms with van der Waals surface area (Å²) in [6.07, 6.45) is 2.07. The van der Waals surface area contributed by atoms with E-state index in [9.17, 15) is 0 Å². The molecule has 0 aliphatic heterocycles. The van der Waals surface area contributed by atoms with Crippen molar-refractivity contribution in [1.82, 2.24) is 9.97 Å². The highest BCUT2D eigenvalue weighted by Crippen LogP contribution is 2.29. The van der Waals surface area contributed by atoms with E-state index in [0.29, 0.717) is 0 Å². The Balaban J connectivity index is 2.39. The molecule has 0 aliphatic rings. The molecule has 0 radical (unpaired) electrons. The Morgan fingerprint density at radius 1 is 1.05 bits per heavy atom. The van der Waals surface area contributed by atoms with Crippen LogP contribution in [0.25, 0.3) is 0 Å². The fourth-order valence-electron chi connectivity index (χ4n) is 1.86. The number of rotatable bonds is 4. The first-order valence-electron chi connectivity index (χ1n) is 6.91. The smallest absolute Gasteiger partial charge is 0.138 e. The summed E-state index contributed by atoms with van der Waals surface area (Å²) in [5.74, 6) is 2.44. The van der Waals surface area contributed by atoms with E-state index in [0.717, 1.165) is 23.1 Å². The van der Waals surface area contributed by atoms with Crippen molar-refractivity contribution in [2.75, 3.05) is 23.9 Å². The van der Waals surface area contributed by atoms with Crippen molar-refractivity contribution in [3.05, 3.63) is 36.2 Å². The van der Waals surface area contributed by atoms with Crippen molar-refractivity contribution in [3.8, 4) is 0 Å². The molecule has 2 N–H and O–H groups in total. The molecule has 112 valence electrons. The maximum atomic E-state index is 4.65. The first-order valence-corrected chi connectivity index (χ1v) is 8.14. The first-order chi connectivity index (χ1) is 9.94. The molecule has 0 unspecified atom stereocenters. The van der Waals surface area contributed by atoms with Gasteiger partial charge in [0.1, 0.15) is 17.5 Å². The molecule has 1 heterocycles. The fourth-order valence-corrected chi connectivity index (χ4v) is 2.41. The minimum Gasteiger partial charge on any atom is -0.373 e. The summed E-state index contributed by atoms with van der Waals surface area (Å²) >= 11 is 1.71. The van der Waals surface area contributed by atoms with Gasteiger partial charge in [-0.1, -0.05) is 32.9 Å². The van der Waals surface area contributed by atoms with Crippen LogP contribution in [0.1, 0.15) is 26.6 Å². The molecule has 21 heavy (non-hydrogen) atoms. The van der Waals surface area contributed by atoms with Crippen LogP contribution in [0.15, 0.2) is 35.2 Å². The molecule has 1 aromatic heterocycles. The largest absolute Gasteiger partial charge is 0.373 e. The van der Waals surface area contributed by atoms with Crippen LogP contribution in [0.4, 0.5) is 17.3 Å². The van der Waals surface area contributed by atoms with Crippen LogP contribution < -0.4 is 10.6 Å². The molecule has 0 atom stereocenters. The number of benzene rings is 1. The van der Waals surface area contributed by atoms with E-state index in [1.807, 2.05) is 25.2 Å². The molecule has 0 bridgehead atoms. The maximum Gasteiger partial charge on any atom is 0.138 e. The SMILES string of the molecule is CNc1cc(Nc2ccccc2SC)nc(C(C)(C)C)n1. The molecule has 5 heteroatoms. The van der Waals surface area contributed by atoms with Gasteiger partial charge in [-0.15, -0.1) is 11.8 Å². The summed E-state index contributed by atoms with van der Waals surface area (Å²) in [6, 6.07) is 10.1. The van der Waals surface area contributed by atoms with Crippen molar-refractivity contribution < 1.29 is 0 Å². The molecule has 0 aliphatic carbocycles. The van der Waals surface area contributed by atoms with Crippen LogP contribution in [-0.2, 0) is 5.41 Å². The third-order valence-corrected chi connectivity index (χ3v) is 3.82. The lowest BCUT2D eigenvalue weighted by Gasteiger charge is -2.19. The zero-order valence-corrected chi connectivity index (χ0v) is 14.0. The Morgan fingerprint density at radius 3 is 2.33 bits per heavy atom. The van der Waals surface area contributed by atoms with Crippen LogP contribution in [0.2, 0.25) is 0 Å². The molecule has 1 aromatic carbocycles. The van der Waals surface area contributed by atoms with Gasteiger partial charge in [0, 0.05) is 23.4 Å². The zero-order chi connectivity index (χ0) is 15.5. The molecule has 4 nitrogen and oxygen atoms in total. The highest BCUT2D eigenvalue weighted by Gasteiger charge is 2.19. The van der Waals surface area contributed by atoms with Gasteiger partial charge in [0.05, 0.1) is 5.69 Å². The topological polar surface area (TPSA) is 49.8 Å². The Hall–Kier alpha value is -1.75. The van der Waals surface area contributed by atoms with Crippen LogP contribution in [-0.4, -0.2) is 23.3 Å². The molecule has 0 saturated carbocycles. The number of anilines is 3. The van der Waals surface area contributed by atoms with E-state index in [4.69, 9.17) is 0 Å². The second kappa shape index (κ2) is 6.35. The van der Waals surface area contributed by atoms with E-state index in [1.165, 1.54) is 4.90 Å². The number of aromatic nitrogens is 2. The normalized spacial score (nSPS) is 11.3. The molecule has 0 fully saturated rings. The van der Waals surface area contributed by atoms with Gasteiger partial charge >= 0.3 is 0 Å². The van der Waals surface area contributed by atoms with Gasteiger partial charge < -0.3 is 10.6 Å². The summed E-state index contributed by atoms with van der Waals surface area (Å²) in [5.41, 5.74) is 0.966. The molecule has 2 aromatic rings. The highest BCUT2D eigenvalue weighted by atomic mass is 32.2. The average Bonchev–Trinajstić information content (AvgIpc) is 2.46. The van der Waals surface area contributed by atoms with Gasteiger partial charge in [0.25, 0.3) is 0 Å². The second-order valence-corrected chi connectivity index (χ2v) is 6.64. The van der Waals surface area contributed by atoms with Gasteiger partial charge in [-0.2, -0.15) is 0 Å². The lowest BCUT2D eigenvalue weighted by Crippen LogP contribution is -2.17. The molecular formula is C16H22N4S. The standard InChI is InChI=1S/C16H22N4S/c1-16(2,3)15-19-13(17-4)10-14(20-15)18-11-8-6-7-9-12(11)21-5/h6-10H,1-5H3,(H2,17,18,19,20). The molecule has 2 rings (SSSR count). The number of thioether (sulfide) groups is 1. The maximum absolute atomic E-state index is 4.65. The van der Waals surface area contributed by atoms with E-state index in [-0.39, 0.29) is 5.41 Å². The number of para-hydroxylation sites is 1. The van der Waals surface area contributed by atoms with E-state index >= 15 is 0 Å². The third-order valence-electron chi connectivity index (χ3n) is 3.02. The molecule has 0 spiro atoms. The molecule has 0 saturated heterocycles. The Bertz CT molecular complexity index is 620. The van der Waals surface area contributed by atoms with Crippen molar-refractivity contribution in [1.29, 1.82) is 0 Å². The van der Waals surface area contributed by atoms with Crippen molar-refractivity contribution in [3.63, 3.8) is 0 Å². The molecule has 0 amide bonds. The quantitative estimate of drug-likeness (QED) is 0.826. The van der Waals surface area contributed by atoms with E-state index < -0.39 is 0 Å². The van der Waals surface area contributed by atoms with E-state index in [1.54, 1.807) is 11.8 Å². The number of hydrogen-bond donors (Lipinski definition) is 2. The monoisotopic (exact) mass is 302 g/mol. The number of nitrogens with one attached hydrogen (secondary N) is 2. The summed E-state index contributed by atoms with van der Waals surface area (Å²) < 4.78 is 0. The van der Waals surface area contributed by atoms with E-state index in [2.05, 4.69) is 59.8 Å². The van der Waals surface area contributed by atoms with Gasteiger partial charge in [0.2, 0.25) is 0 Å². The van der Waals surface area contributed by atoms with Crippen LogP contribution in [0.5, 0.6) is 0 Å². The first kappa shape index (κ1) is 15.6. The predicted molar refractivity (Wildman–Crippen MR) is 91.8 cm³/mol. The zero-order valence-electron chi connectivity index (χ0n) is 13.2. The Morgan fingerprint density at radius 2 is 1.71 bits per heavy atom. The lowest BCUT2D eigenvalue weighted by atomic mass is 9.96. The van der Waals surface area contributed by atoms with Gasteiger partial charge in [-0.05, 0) is 18.4 Å². The minimum absolute atomic E-state index is 0.0949. The van der Waals surface area contributed by atoms with Gasteiger partial charge in [0.15, 0.2) is 0 Å². The summed E-state index contributed by atoms with van der Waals surface area (Å²) in [7, 11) is 1.87. The number of hydrogen-bond acceptors (Lipinski definition) is 5. The highest BCUT2D eigenvalue weighted by molar-refractivity contribution is 7.98. The van der Waals surface area contributed by atoms with Crippen LogP contribution >= 0.6 is 11.8 Å². The fraction of sp³-hybridized carbons (Fsp3) is 0.375. The van der Waals surface area contributed by atoms with Crippen molar-refractivity contribution in [2.24, 2.45) is 0 Å². The summed E-state index contributed by atoms with van der Waals surface area (Å²) in [5, 5.41) is 6.50. The summed E-state index contributed by atoms with van der Waals surface area (Å²) in [4.78, 5) is 10.4. The second-order valence-electron chi connectivity index (χ2n) is 5.79. The Kier molecular flexibility index (Phi) is 4.73.